The predicted octanol–water partition coefficient (Wildman–Crippen LogP) is 1.42. The minimum Gasteiger partial charge on any atom is -0.352 e. The zero-order valence-electron chi connectivity index (χ0n) is 9.54. The van der Waals surface area contributed by atoms with Crippen LogP contribution in [0, 0.1) is 11.8 Å². The molecule has 2 fully saturated rings. The zero-order chi connectivity index (χ0) is 10.8. The molecule has 3 atom stereocenters. The number of amides is 1. The second-order valence-corrected chi connectivity index (χ2v) is 5.20. The molecule has 0 heterocycles. The van der Waals surface area contributed by atoms with Gasteiger partial charge in [-0.3, -0.25) is 4.79 Å². The number of nitrogens with two attached hydrogens (primary N) is 1. The summed E-state index contributed by atoms with van der Waals surface area (Å²) < 4.78 is 0. The van der Waals surface area contributed by atoms with Crippen LogP contribution in [-0.4, -0.2) is 18.0 Å². The van der Waals surface area contributed by atoms with E-state index in [0.717, 1.165) is 11.8 Å². The van der Waals surface area contributed by atoms with Crippen molar-refractivity contribution >= 4 is 5.91 Å². The van der Waals surface area contributed by atoms with Gasteiger partial charge in [0.1, 0.15) is 0 Å². The van der Waals surface area contributed by atoms with E-state index in [-0.39, 0.29) is 11.9 Å². The molecule has 0 saturated heterocycles. The Morgan fingerprint density at radius 3 is 2.60 bits per heavy atom. The second-order valence-electron chi connectivity index (χ2n) is 5.20. The first-order valence-corrected chi connectivity index (χ1v) is 6.24. The van der Waals surface area contributed by atoms with Crippen molar-refractivity contribution < 1.29 is 4.79 Å². The van der Waals surface area contributed by atoms with Crippen molar-refractivity contribution in [3.63, 3.8) is 0 Å². The summed E-state index contributed by atoms with van der Waals surface area (Å²) in [5.41, 5.74) is 5.52. The van der Waals surface area contributed by atoms with Crippen molar-refractivity contribution in [2.45, 2.75) is 57.5 Å². The molecule has 3 nitrogen and oxygen atoms in total. The van der Waals surface area contributed by atoms with Gasteiger partial charge in [0.05, 0.1) is 6.04 Å². The number of rotatable bonds is 3. The predicted molar refractivity (Wildman–Crippen MR) is 60.3 cm³/mol. The van der Waals surface area contributed by atoms with E-state index >= 15 is 0 Å². The number of hydrogen-bond donors (Lipinski definition) is 2. The quantitative estimate of drug-likeness (QED) is 0.740. The third kappa shape index (κ3) is 2.71. The minimum atomic E-state index is -0.363. The summed E-state index contributed by atoms with van der Waals surface area (Å²) in [4.78, 5) is 11.4. The lowest BCUT2D eigenvalue weighted by Crippen LogP contribution is -2.40. The summed E-state index contributed by atoms with van der Waals surface area (Å²) in [6.07, 6.45) is 8.10. The number of carbonyl (C=O) groups is 1. The largest absolute Gasteiger partial charge is 0.352 e. The van der Waals surface area contributed by atoms with Crippen LogP contribution in [0.4, 0.5) is 0 Å². The van der Waals surface area contributed by atoms with Crippen LogP contribution < -0.4 is 11.1 Å². The molecule has 15 heavy (non-hydrogen) atoms. The molecule has 2 saturated carbocycles. The third-order valence-electron chi connectivity index (χ3n) is 3.84. The fraction of sp³-hybridized carbons (Fsp3) is 0.917. The summed E-state index contributed by atoms with van der Waals surface area (Å²) >= 11 is 0. The molecule has 0 spiro atoms. The first-order valence-electron chi connectivity index (χ1n) is 6.24. The fourth-order valence-electron chi connectivity index (χ4n) is 2.78. The number of carbonyl (C=O) groups excluding carboxylic acids is 1. The van der Waals surface area contributed by atoms with E-state index in [1.54, 1.807) is 6.92 Å². The molecule has 3 heteroatoms. The molecule has 2 aliphatic carbocycles. The lowest BCUT2D eigenvalue weighted by molar-refractivity contribution is -0.122. The standard InChI is InChI=1S/C12H22N2O/c1-8(13)12(15)14-11-7-10(11)9-5-3-2-4-6-9/h8-11H,2-7,13H2,1H3,(H,14,15)/t8-,10?,11?/m1/s1. The molecule has 0 aliphatic heterocycles. The number of hydrogen-bond acceptors (Lipinski definition) is 2. The van der Waals surface area contributed by atoms with E-state index in [9.17, 15) is 4.79 Å². The third-order valence-corrected chi connectivity index (χ3v) is 3.84. The monoisotopic (exact) mass is 210 g/mol. The maximum atomic E-state index is 11.4. The molecule has 0 aromatic heterocycles. The molecule has 0 bridgehead atoms. The molecular formula is C12H22N2O. The highest BCUT2D eigenvalue weighted by Gasteiger charge is 2.43. The van der Waals surface area contributed by atoms with Gasteiger partial charge in [-0.15, -0.1) is 0 Å². The topological polar surface area (TPSA) is 55.1 Å². The summed E-state index contributed by atoms with van der Waals surface area (Å²) in [6.45, 7) is 1.74. The molecule has 1 amide bonds. The Labute approximate surface area is 91.8 Å². The van der Waals surface area contributed by atoms with Gasteiger partial charge >= 0.3 is 0 Å². The highest BCUT2D eigenvalue weighted by atomic mass is 16.2. The van der Waals surface area contributed by atoms with E-state index in [0.29, 0.717) is 6.04 Å². The van der Waals surface area contributed by atoms with Crippen molar-refractivity contribution in [1.29, 1.82) is 0 Å². The molecular weight excluding hydrogens is 188 g/mol. The maximum absolute atomic E-state index is 11.4. The van der Waals surface area contributed by atoms with E-state index < -0.39 is 0 Å². The first kappa shape index (κ1) is 10.9. The van der Waals surface area contributed by atoms with Gasteiger partial charge in [-0.05, 0) is 25.2 Å². The Bertz CT molecular complexity index is 234. The average molecular weight is 210 g/mol. The van der Waals surface area contributed by atoms with Crippen molar-refractivity contribution in [3.8, 4) is 0 Å². The van der Waals surface area contributed by atoms with Crippen molar-refractivity contribution in [2.75, 3.05) is 0 Å². The Kier molecular flexibility index (Phi) is 3.29. The van der Waals surface area contributed by atoms with Crippen LogP contribution in [0.5, 0.6) is 0 Å². The molecule has 0 aromatic rings. The zero-order valence-corrected chi connectivity index (χ0v) is 9.54. The van der Waals surface area contributed by atoms with Gasteiger partial charge in [0.2, 0.25) is 5.91 Å². The van der Waals surface area contributed by atoms with E-state index in [2.05, 4.69) is 5.32 Å². The summed E-state index contributed by atoms with van der Waals surface area (Å²) in [5, 5.41) is 3.04. The van der Waals surface area contributed by atoms with Crippen molar-refractivity contribution in [2.24, 2.45) is 17.6 Å². The number of nitrogens with one attached hydrogen (secondary N) is 1. The smallest absolute Gasteiger partial charge is 0.236 e. The SMILES string of the molecule is C[C@@H](N)C(=O)NC1CC1C1CCCCC1. The minimum absolute atomic E-state index is 0.0123. The van der Waals surface area contributed by atoms with Gasteiger partial charge in [0.15, 0.2) is 0 Å². The van der Waals surface area contributed by atoms with Gasteiger partial charge in [-0.2, -0.15) is 0 Å². The average Bonchev–Trinajstić information content (AvgIpc) is 2.98. The van der Waals surface area contributed by atoms with Gasteiger partial charge in [-0.1, -0.05) is 32.1 Å². The molecule has 3 N–H and O–H groups in total. The van der Waals surface area contributed by atoms with E-state index in [4.69, 9.17) is 5.73 Å². The van der Waals surface area contributed by atoms with Crippen LogP contribution >= 0.6 is 0 Å². The second kappa shape index (κ2) is 4.52. The van der Waals surface area contributed by atoms with Crippen LogP contribution in [-0.2, 0) is 4.79 Å². The van der Waals surface area contributed by atoms with Crippen molar-refractivity contribution in [3.05, 3.63) is 0 Å². The van der Waals surface area contributed by atoms with Gasteiger partial charge in [0.25, 0.3) is 0 Å². The van der Waals surface area contributed by atoms with Crippen molar-refractivity contribution in [1.82, 2.24) is 5.32 Å². The van der Waals surface area contributed by atoms with Crippen LogP contribution in [0.2, 0.25) is 0 Å². The maximum Gasteiger partial charge on any atom is 0.236 e. The van der Waals surface area contributed by atoms with E-state index in [1.165, 1.54) is 38.5 Å². The highest BCUT2D eigenvalue weighted by Crippen LogP contribution is 2.44. The summed E-state index contributed by atoms with van der Waals surface area (Å²) in [7, 11) is 0. The van der Waals surface area contributed by atoms with E-state index in [1.807, 2.05) is 0 Å². The summed E-state index contributed by atoms with van der Waals surface area (Å²) in [5.74, 6) is 1.64. The van der Waals surface area contributed by atoms with Crippen LogP contribution in [0.15, 0.2) is 0 Å². The van der Waals surface area contributed by atoms with Crippen LogP contribution in [0.25, 0.3) is 0 Å². The molecule has 0 radical (unpaired) electrons. The molecule has 86 valence electrons. The van der Waals surface area contributed by atoms with Crippen LogP contribution in [0.3, 0.4) is 0 Å². The Hall–Kier alpha value is -0.570. The highest BCUT2D eigenvalue weighted by molar-refractivity contribution is 5.81. The van der Waals surface area contributed by atoms with Gasteiger partial charge in [-0.25, -0.2) is 0 Å². The Balaban J connectivity index is 1.73. The molecule has 2 aliphatic rings. The Morgan fingerprint density at radius 1 is 1.33 bits per heavy atom. The van der Waals surface area contributed by atoms with Gasteiger partial charge in [0, 0.05) is 6.04 Å². The molecule has 2 rings (SSSR count). The molecule has 2 unspecified atom stereocenters. The normalized spacial score (nSPS) is 33.5. The lowest BCUT2D eigenvalue weighted by Gasteiger charge is -2.21. The molecule has 0 aromatic carbocycles. The summed E-state index contributed by atoms with van der Waals surface area (Å²) in [6, 6.07) is 0.0733. The Morgan fingerprint density at radius 2 is 2.00 bits per heavy atom. The fourth-order valence-corrected chi connectivity index (χ4v) is 2.78. The van der Waals surface area contributed by atoms with Crippen LogP contribution in [0.1, 0.15) is 45.4 Å². The van der Waals surface area contributed by atoms with Gasteiger partial charge < -0.3 is 11.1 Å². The first-order chi connectivity index (χ1) is 7.18. The lowest BCUT2D eigenvalue weighted by atomic mass is 9.85.